The van der Waals surface area contributed by atoms with E-state index >= 15 is 0 Å². The lowest BCUT2D eigenvalue weighted by Crippen LogP contribution is -2.13. The van der Waals surface area contributed by atoms with Gasteiger partial charge >= 0.3 is 0 Å². The molecule has 1 aromatic heterocycles. The van der Waals surface area contributed by atoms with Crippen LogP contribution in [0.4, 0.5) is 5.82 Å². The highest BCUT2D eigenvalue weighted by Gasteiger charge is 2.20. The molecule has 0 bridgehead atoms. The summed E-state index contributed by atoms with van der Waals surface area (Å²) in [7, 11) is 0. The minimum Gasteiger partial charge on any atom is -0.383 e. The average Bonchev–Trinajstić information content (AvgIpc) is 2.47. The first kappa shape index (κ1) is 13.8. The number of rotatable bonds is 3. The van der Waals surface area contributed by atoms with E-state index in [0.717, 1.165) is 22.3 Å². The second-order valence-electron chi connectivity index (χ2n) is 5.18. The molecule has 0 radical (unpaired) electrons. The molecule has 0 saturated heterocycles. The van der Waals surface area contributed by atoms with E-state index in [1.807, 2.05) is 44.2 Å². The molecule has 2 rings (SSSR count). The molecular weight excluding hydrogens is 246 g/mol. The standard InChI is InChI=1S/C17H17N3/c1-4-14-15(8-9-20-16(14)19)12-6-5-7-13(10-12)17(2,3)11-18/h4-10H,1H2,2-3H3,(H2,19,20). The van der Waals surface area contributed by atoms with E-state index in [2.05, 4.69) is 17.6 Å². The molecule has 3 nitrogen and oxygen atoms in total. The van der Waals surface area contributed by atoms with E-state index in [1.165, 1.54) is 0 Å². The molecule has 0 fully saturated rings. The molecule has 0 atom stereocenters. The monoisotopic (exact) mass is 263 g/mol. The minimum absolute atomic E-state index is 0.461. The fourth-order valence-corrected chi connectivity index (χ4v) is 2.10. The molecule has 0 aliphatic heterocycles. The number of aromatic nitrogens is 1. The highest BCUT2D eigenvalue weighted by molar-refractivity contribution is 5.80. The summed E-state index contributed by atoms with van der Waals surface area (Å²) in [6, 6.07) is 12.2. The van der Waals surface area contributed by atoms with Gasteiger partial charge in [0.15, 0.2) is 0 Å². The van der Waals surface area contributed by atoms with Crippen molar-refractivity contribution >= 4 is 11.9 Å². The number of nitrogens with two attached hydrogens (primary N) is 1. The van der Waals surface area contributed by atoms with Crippen molar-refractivity contribution in [2.45, 2.75) is 19.3 Å². The van der Waals surface area contributed by atoms with E-state index in [0.29, 0.717) is 5.82 Å². The number of pyridine rings is 1. The minimum atomic E-state index is -0.525. The summed E-state index contributed by atoms with van der Waals surface area (Å²) in [6.07, 6.45) is 3.39. The zero-order chi connectivity index (χ0) is 14.8. The first-order valence-electron chi connectivity index (χ1n) is 6.38. The quantitative estimate of drug-likeness (QED) is 0.916. The van der Waals surface area contributed by atoms with Gasteiger partial charge in [-0.2, -0.15) is 5.26 Å². The third-order valence-corrected chi connectivity index (χ3v) is 3.40. The maximum absolute atomic E-state index is 9.26. The summed E-state index contributed by atoms with van der Waals surface area (Å²) >= 11 is 0. The van der Waals surface area contributed by atoms with E-state index in [-0.39, 0.29) is 0 Å². The Kier molecular flexibility index (Phi) is 3.58. The maximum Gasteiger partial charge on any atom is 0.131 e. The zero-order valence-electron chi connectivity index (χ0n) is 11.7. The maximum atomic E-state index is 9.26. The van der Waals surface area contributed by atoms with E-state index in [1.54, 1.807) is 12.3 Å². The van der Waals surface area contributed by atoms with Gasteiger partial charge in [-0.05, 0) is 42.7 Å². The van der Waals surface area contributed by atoms with Crippen LogP contribution in [0.25, 0.3) is 17.2 Å². The lowest BCUT2D eigenvalue weighted by molar-refractivity contribution is 0.687. The summed E-state index contributed by atoms with van der Waals surface area (Å²) in [6.45, 7) is 7.60. The van der Waals surface area contributed by atoms with Gasteiger partial charge in [0.1, 0.15) is 5.82 Å². The molecule has 1 aromatic carbocycles. The summed E-state index contributed by atoms with van der Waals surface area (Å²) in [4.78, 5) is 4.08. The van der Waals surface area contributed by atoms with Crippen LogP contribution in [0.2, 0.25) is 0 Å². The van der Waals surface area contributed by atoms with Gasteiger partial charge in [0.05, 0.1) is 11.5 Å². The fraction of sp³-hybridized carbons (Fsp3) is 0.176. The van der Waals surface area contributed by atoms with Crippen LogP contribution >= 0.6 is 0 Å². The van der Waals surface area contributed by atoms with Crippen LogP contribution in [0.3, 0.4) is 0 Å². The fourth-order valence-electron chi connectivity index (χ4n) is 2.10. The van der Waals surface area contributed by atoms with Crippen molar-refractivity contribution in [2.24, 2.45) is 0 Å². The number of hydrogen-bond acceptors (Lipinski definition) is 3. The van der Waals surface area contributed by atoms with Crippen molar-refractivity contribution in [3.63, 3.8) is 0 Å². The first-order valence-corrected chi connectivity index (χ1v) is 6.38. The topological polar surface area (TPSA) is 62.7 Å². The van der Waals surface area contributed by atoms with Gasteiger partial charge in [0, 0.05) is 11.8 Å². The number of benzene rings is 1. The van der Waals surface area contributed by atoms with Crippen LogP contribution in [0.15, 0.2) is 43.1 Å². The van der Waals surface area contributed by atoms with Crippen LogP contribution in [0.5, 0.6) is 0 Å². The SMILES string of the molecule is C=Cc1c(-c2cccc(C(C)(C)C#N)c2)ccnc1N. The Balaban J connectivity index is 2.61. The molecule has 0 spiro atoms. The molecule has 0 aliphatic carbocycles. The van der Waals surface area contributed by atoms with E-state index < -0.39 is 5.41 Å². The van der Waals surface area contributed by atoms with E-state index in [9.17, 15) is 5.26 Å². The predicted molar refractivity (Wildman–Crippen MR) is 82.8 cm³/mol. The Labute approximate surface area is 119 Å². The van der Waals surface area contributed by atoms with Gasteiger partial charge in [-0.1, -0.05) is 30.9 Å². The molecule has 0 saturated carbocycles. The molecule has 0 aliphatic rings. The molecular formula is C17H17N3. The summed E-state index contributed by atoms with van der Waals surface area (Å²) in [5, 5.41) is 9.26. The van der Waals surface area contributed by atoms with Gasteiger partial charge in [0.25, 0.3) is 0 Å². The van der Waals surface area contributed by atoms with Gasteiger partial charge in [-0.15, -0.1) is 0 Å². The number of hydrogen-bond donors (Lipinski definition) is 1. The Morgan fingerprint density at radius 2 is 2.10 bits per heavy atom. The summed E-state index contributed by atoms with van der Waals surface area (Å²) in [5.41, 5.74) is 9.14. The molecule has 20 heavy (non-hydrogen) atoms. The molecule has 1 heterocycles. The van der Waals surface area contributed by atoms with Crippen LogP contribution < -0.4 is 5.73 Å². The highest BCUT2D eigenvalue weighted by atomic mass is 14.8. The molecule has 0 unspecified atom stereocenters. The molecule has 2 aromatic rings. The van der Waals surface area contributed by atoms with Crippen LogP contribution in [0.1, 0.15) is 25.0 Å². The van der Waals surface area contributed by atoms with Crippen LogP contribution in [-0.2, 0) is 5.41 Å². The van der Waals surface area contributed by atoms with Crippen molar-refractivity contribution in [3.8, 4) is 17.2 Å². The third kappa shape index (κ3) is 2.41. The largest absolute Gasteiger partial charge is 0.383 e. The molecule has 3 heteroatoms. The van der Waals surface area contributed by atoms with Gasteiger partial charge in [0.2, 0.25) is 0 Å². The predicted octanol–water partition coefficient (Wildman–Crippen LogP) is 3.77. The number of nitriles is 1. The van der Waals surface area contributed by atoms with Crippen molar-refractivity contribution in [3.05, 3.63) is 54.2 Å². The lowest BCUT2D eigenvalue weighted by atomic mass is 9.84. The lowest BCUT2D eigenvalue weighted by Gasteiger charge is -2.17. The molecule has 0 amide bonds. The Bertz CT molecular complexity index is 694. The van der Waals surface area contributed by atoms with Crippen molar-refractivity contribution < 1.29 is 0 Å². The van der Waals surface area contributed by atoms with Crippen molar-refractivity contribution in [2.75, 3.05) is 5.73 Å². The zero-order valence-corrected chi connectivity index (χ0v) is 11.7. The van der Waals surface area contributed by atoms with Gasteiger partial charge in [-0.3, -0.25) is 0 Å². The van der Waals surface area contributed by atoms with Gasteiger partial charge < -0.3 is 5.73 Å². The molecule has 100 valence electrons. The van der Waals surface area contributed by atoms with Crippen molar-refractivity contribution in [1.29, 1.82) is 5.26 Å². The second kappa shape index (κ2) is 5.18. The Morgan fingerprint density at radius 1 is 1.35 bits per heavy atom. The smallest absolute Gasteiger partial charge is 0.131 e. The van der Waals surface area contributed by atoms with Crippen LogP contribution in [0, 0.1) is 11.3 Å². The van der Waals surface area contributed by atoms with E-state index in [4.69, 9.17) is 5.73 Å². The summed E-state index contributed by atoms with van der Waals surface area (Å²) in [5.74, 6) is 0.461. The average molecular weight is 263 g/mol. The van der Waals surface area contributed by atoms with Crippen LogP contribution in [-0.4, -0.2) is 4.98 Å². The first-order chi connectivity index (χ1) is 9.49. The Morgan fingerprint density at radius 3 is 2.75 bits per heavy atom. The number of nitrogen functional groups attached to an aromatic ring is 1. The highest BCUT2D eigenvalue weighted by Crippen LogP contribution is 2.31. The van der Waals surface area contributed by atoms with Gasteiger partial charge in [-0.25, -0.2) is 4.98 Å². The summed E-state index contributed by atoms with van der Waals surface area (Å²) < 4.78 is 0. The molecule has 2 N–H and O–H groups in total. The second-order valence-corrected chi connectivity index (χ2v) is 5.18. The number of anilines is 1. The van der Waals surface area contributed by atoms with Crippen molar-refractivity contribution in [1.82, 2.24) is 4.98 Å². The number of nitrogens with zero attached hydrogens (tertiary/aromatic N) is 2. The normalized spacial score (nSPS) is 10.8. The third-order valence-electron chi connectivity index (χ3n) is 3.40. The Hall–Kier alpha value is -2.60.